The lowest BCUT2D eigenvalue weighted by Crippen LogP contribution is -2.44. The molecule has 2 aliphatic rings. The zero-order chi connectivity index (χ0) is 15.6. The van der Waals surface area contributed by atoms with E-state index in [0.29, 0.717) is 11.0 Å². The van der Waals surface area contributed by atoms with Crippen LogP contribution in [0.15, 0.2) is 24.3 Å². The molecule has 2 fully saturated rings. The maximum atomic E-state index is 12.5. The van der Waals surface area contributed by atoms with Gasteiger partial charge in [0.2, 0.25) is 0 Å². The standard InChI is InChI=1S/C16H20F2N2O2.ClH/c17-15(18)22-13-3-1-12(2-4-13)14(21)20-9-6-16(7-10-20)5-8-19-11-16;/h1-4,15,19H,5-11H2;1H. The van der Waals surface area contributed by atoms with Crippen molar-refractivity contribution in [2.45, 2.75) is 25.9 Å². The van der Waals surface area contributed by atoms with Crippen LogP contribution < -0.4 is 10.1 Å². The third kappa shape index (κ3) is 4.12. The van der Waals surface area contributed by atoms with E-state index in [2.05, 4.69) is 10.1 Å². The van der Waals surface area contributed by atoms with E-state index in [1.807, 2.05) is 4.90 Å². The summed E-state index contributed by atoms with van der Waals surface area (Å²) in [5, 5.41) is 3.40. The van der Waals surface area contributed by atoms with Crippen LogP contribution in [-0.4, -0.2) is 43.6 Å². The average molecular weight is 347 g/mol. The predicted octanol–water partition coefficient (Wildman–Crippen LogP) is 2.93. The molecule has 0 aromatic heterocycles. The fourth-order valence-corrected chi connectivity index (χ4v) is 3.37. The molecule has 23 heavy (non-hydrogen) atoms. The summed E-state index contributed by atoms with van der Waals surface area (Å²) < 4.78 is 28.5. The normalized spacial score (nSPS) is 19.7. The molecule has 2 saturated heterocycles. The molecule has 7 heteroatoms. The summed E-state index contributed by atoms with van der Waals surface area (Å²) in [5.74, 6) is 0.0329. The van der Waals surface area contributed by atoms with Gasteiger partial charge in [-0.3, -0.25) is 4.79 Å². The molecule has 128 valence electrons. The number of rotatable bonds is 3. The van der Waals surface area contributed by atoms with Crippen molar-refractivity contribution in [1.29, 1.82) is 0 Å². The first-order chi connectivity index (χ1) is 10.6. The van der Waals surface area contributed by atoms with Gasteiger partial charge in [-0.2, -0.15) is 8.78 Å². The molecule has 1 aromatic carbocycles. The second-order valence-electron chi connectivity index (χ2n) is 6.12. The third-order valence-corrected chi connectivity index (χ3v) is 4.77. The summed E-state index contributed by atoms with van der Waals surface area (Å²) in [6.07, 6.45) is 3.24. The number of alkyl halides is 2. The number of piperidine rings is 1. The highest BCUT2D eigenvalue weighted by Gasteiger charge is 2.38. The summed E-state index contributed by atoms with van der Waals surface area (Å²) in [6, 6.07) is 5.90. The van der Waals surface area contributed by atoms with Crippen molar-refractivity contribution < 1.29 is 18.3 Å². The van der Waals surface area contributed by atoms with Gasteiger partial charge in [-0.15, -0.1) is 12.4 Å². The Balaban J connectivity index is 0.00000192. The van der Waals surface area contributed by atoms with Crippen LogP contribution in [0.2, 0.25) is 0 Å². The van der Waals surface area contributed by atoms with Gasteiger partial charge >= 0.3 is 6.61 Å². The largest absolute Gasteiger partial charge is 0.435 e. The van der Waals surface area contributed by atoms with Gasteiger partial charge in [-0.05, 0) is 55.5 Å². The Hall–Kier alpha value is -1.40. The fraction of sp³-hybridized carbons (Fsp3) is 0.562. The average Bonchev–Trinajstić information content (AvgIpc) is 2.96. The molecule has 2 heterocycles. The molecule has 0 saturated carbocycles. The van der Waals surface area contributed by atoms with Gasteiger partial charge in [-0.1, -0.05) is 0 Å². The minimum absolute atomic E-state index is 0. The van der Waals surface area contributed by atoms with Crippen molar-refractivity contribution in [3.8, 4) is 5.75 Å². The molecule has 1 aromatic rings. The maximum Gasteiger partial charge on any atom is 0.387 e. The highest BCUT2D eigenvalue weighted by molar-refractivity contribution is 5.94. The molecule has 0 aliphatic carbocycles. The van der Waals surface area contributed by atoms with Gasteiger partial charge < -0.3 is 15.0 Å². The van der Waals surface area contributed by atoms with E-state index in [1.54, 1.807) is 12.1 Å². The Morgan fingerprint density at radius 2 is 1.83 bits per heavy atom. The first kappa shape index (κ1) is 17.9. The second-order valence-corrected chi connectivity index (χ2v) is 6.12. The number of hydrogen-bond acceptors (Lipinski definition) is 3. The minimum atomic E-state index is -2.85. The SMILES string of the molecule is Cl.O=C(c1ccc(OC(F)F)cc1)N1CCC2(CCNC2)CC1. The monoisotopic (exact) mass is 346 g/mol. The molecule has 0 unspecified atom stereocenters. The number of nitrogens with zero attached hydrogens (tertiary/aromatic N) is 1. The first-order valence-corrected chi connectivity index (χ1v) is 7.63. The molecular formula is C16H21ClF2N2O2. The highest BCUT2D eigenvalue weighted by Crippen LogP contribution is 2.37. The van der Waals surface area contributed by atoms with Crippen LogP contribution in [0.5, 0.6) is 5.75 Å². The number of halogens is 3. The molecule has 0 bridgehead atoms. The number of likely N-dealkylation sites (tertiary alicyclic amines) is 1. The molecule has 1 N–H and O–H groups in total. The van der Waals surface area contributed by atoms with Gasteiger partial charge in [-0.25, -0.2) is 0 Å². The summed E-state index contributed by atoms with van der Waals surface area (Å²) >= 11 is 0. The van der Waals surface area contributed by atoms with E-state index in [0.717, 1.165) is 39.0 Å². The molecule has 2 aliphatic heterocycles. The number of ether oxygens (including phenoxy) is 1. The van der Waals surface area contributed by atoms with Crippen molar-refractivity contribution in [2.24, 2.45) is 5.41 Å². The van der Waals surface area contributed by atoms with Crippen LogP contribution in [0.1, 0.15) is 29.6 Å². The zero-order valence-electron chi connectivity index (χ0n) is 12.8. The van der Waals surface area contributed by atoms with Gasteiger partial charge in [0.25, 0.3) is 5.91 Å². The van der Waals surface area contributed by atoms with Gasteiger partial charge in [0.05, 0.1) is 0 Å². The van der Waals surface area contributed by atoms with Crippen LogP contribution in [0.25, 0.3) is 0 Å². The van der Waals surface area contributed by atoms with E-state index in [4.69, 9.17) is 0 Å². The highest BCUT2D eigenvalue weighted by atomic mass is 35.5. The van der Waals surface area contributed by atoms with Crippen LogP contribution in [-0.2, 0) is 0 Å². The summed E-state index contributed by atoms with van der Waals surface area (Å²) in [7, 11) is 0. The lowest BCUT2D eigenvalue weighted by molar-refractivity contribution is -0.0498. The molecular weight excluding hydrogens is 326 g/mol. The number of amides is 1. The van der Waals surface area contributed by atoms with Crippen molar-refractivity contribution in [1.82, 2.24) is 10.2 Å². The van der Waals surface area contributed by atoms with Crippen molar-refractivity contribution >= 4 is 18.3 Å². The number of hydrogen-bond donors (Lipinski definition) is 1. The van der Waals surface area contributed by atoms with Gasteiger partial charge in [0, 0.05) is 25.2 Å². The smallest absolute Gasteiger partial charge is 0.387 e. The predicted molar refractivity (Wildman–Crippen MR) is 85.4 cm³/mol. The lowest BCUT2D eigenvalue weighted by Gasteiger charge is -2.38. The summed E-state index contributed by atoms with van der Waals surface area (Å²) in [5.41, 5.74) is 0.883. The van der Waals surface area contributed by atoms with E-state index in [9.17, 15) is 13.6 Å². The molecule has 3 rings (SSSR count). The molecule has 1 amide bonds. The Labute approximate surface area is 140 Å². The number of nitrogens with one attached hydrogen (secondary N) is 1. The fourth-order valence-electron chi connectivity index (χ4n) is 3.37. The van der Waals surface area contributed by atoms with E-state index in [1.165, 1.54) is 18.6 Å². The van der Waals surface area contributed by atoms with Crippen molar-refractivity contribution in [3.63, 3.8) is 0 Å². The quantitative estimate of drug-likeness (QED) is 0.915. The summed E-state index contributed by atoms with van der Waals surface area (Å²) in [6.45, 7) is 0.791. The molecule has 1 spiro atoms. The third-order valence-electron chi connectivity index (χ3n) is 4.77. The van der Waals surface area contributed by atoms with E-state index in [-0.39, 0.29) is 24.1 Å². The van der Waals surface area contributed by atoms with Gasteiger partial charge in [0.15, 0.2) is 0 Å². The van der Waals surface area contributed by atoms with E-state index < -0.39 is 6.61 Å². The minimum Gasteiger partial charge on any atom is -0.435 e. The number of carbonyl (C=O) groups excluding carboxylic acids is 1. The second kappa shape index (κ2) is 7.45. The first-order valence-electron chi connectivity index (χ1n) is 7.63. The van der Waals surface area contributed by atoms with Crippen LogP contribution >= 0.6 is 12.4 Å². The Bertz CT molecular complexity index is 523. The van der Waals surface area contributed by atoms with Crippen LogP contribution in [0.4, 0.5) is 8.78 Å². The molecule has 4 nitrogen and oxygen atoms in total. The number of carbonyl (C=O) groups is 1. The van der Waals surface area contributed by atoms with Crippen LogP contribution in [0.3, 0.4) is 0 Å². The Morgan fingerprint density at radius 1 is 1.17 bits per heavy atom. The zero-order valence-corrected chi connectivity index (χ0v) is 13.6. The number of benzene rings is 1. The molecule has 0 atom stereocenters. The van der Waals surface area contributed by atoms with Crippen molar-refractivity contribution in [2.75, 3.05) is 26.2 Å². The van der Waals surface area contributed by atoms with E-state index >= 15 is 0 Å². The Kier molecular flexibility index (Phi) is 5.81. The topological polar surface area (TPSA) is 41.6 Å². The molecule has 0 radical (unpaired) electrons. The maximum absolute atomic E-state index is 12.5. The van der Waals surface area contributed by atoms with Crippen molar-refractivity contribution in [3.05, 3.63) is 29.8 Å². The lowest BCUT2D eigenvalue weighted by atomic mass is 9.78. The van der Waals surface area contributed by atoms with Gasteiger partial charge in [0.1, 0.15) is 5.75 Å². The van der Waals surface area contributed by atoms with Crippen LogP contribution in [0, 0.1) is 5.41 Å². The summed E-state index contributed by atoms with van der Waals surface area (Å²) in [4.78, 5) is 14.3. The Morgan fingerprint density at radius 3 is 2.35 bits per heavy atom.